The van der Waals surface area contributed by atoms with Crippen LogP contribution in [0.3, 0.4) is 0 Å². The summed E-state index contributed by atoms with van der Waals surface area (Å²) in [5.41, 5.74) is 1.95. The van der Waals surface area contributed by atoms with E-state index in [2.05, 4.69) is 19.1 Å². The molecule has 0 spiro atoms. The maximum absolute atomic E-state index is 14.1. The molecule has 7 heteroatoms. The molecular weight excluding hydrogens is 375 g/mol. The first-order valence-corrected chi connectivity index (χ1v) is 10.1. The van der Waals surface area contributed by atoms with E-state index in [1.54, 1.807) is 11.0 Å². The number of hydrogen-bond donors (Lipinski definition) is 1. The minimum atomic E-state index is -0.361. The molecule has 3 aromatic rings. The summed E-state index contributed by atoms with van der Waals surface area (Å²) in [6.45, 7) is 1.48. The van der Waals surface area contributed by atoms with Gasteiger partial charge in [-0.2, -0.15) is 0 Å². The highest BCUT2D eigenvalue weighted by atomic mass is 32.1. The molecule has 0 bridgehead atoms. The fourth-order valence-corrected chi connectivity index (χ4v) is 3.96. The molecule has 1 aromatic heterocycles. The molecule has 1 amide bonds. The van der Waals surface area contributed by atoms with Crippen molar-refractivity contribution < 1.29 is 14.1 Å². The lowest BCUT2D eigenvalue weighted by Crippen LogP contribution is -3.05. The Hall–Kier alpha value is -2.51. The third kappa shape index (κ3) is 4.48. The summed E-state index contributed by atoms with van der Waals surface area (Å²) >= 11 is 1.35. The number of anilines is 2. The average Bonchev–Trinajstić information content (AvgIpc) is 3.10. The number of rotatable bonds is 7. The van der Waals surface area contributed by atoms with Crippen molar-refractivity contribution in [1.29, 1.82) is 0 Å². The van der Waals surface area contributed by atoms with Gasteiger partial charge < -0.3 is 9.80 Å². The SMILES string of the molecule is CN(C)c1ccc(C(=O)N(CCC[NH+](C)C)c2nc3c(F)cccc3s2)cc1. The normalized spacial score (nSPS) is 11.2. The second-order valence-corrected chi connectivity index (χ2v) is 8.30. The van der Waals surface area contributed by atoms with E-state index in [1.165, 1.54) is 22.3 Å². The summed E-state index contributed by atoms with van der Waals surface area (Å²) in [6.07, 6.45) is 0.836. The molecule has 3 rings (SSSR count). The Kier molecular flexibility index (Phi) is 6.26. The van der Waals surface area contributed by atoms with Crippen LogP contribution in [0, 0.1) is 5.82 Å². The second kappa shape index (κ2) is 8.67. The minimum absolute atomic E-state index is 0.112. The molecular formula is C21H26FN4OS+. The maximum atomic E-state index is 14.1. The number of nitrogens with zero attached hydrogens (tertiary/aromatic N) is 3. The van der Waals surface area contributed by atoms with E-state index in [0.29, 0.717) is 22.8 Å². The Balaban J connectivity index is 1.92. The summed E-state index contributed by atoms with van der Waals surface area (Å²) < 4.78 is 14.8. The number of aromatic nitrogens is 1. The highest BCUT2D eigenvalue weighted by molar-refractivity contribution is 7.22. The van der Waals surface area contributed by atoms with Crippen molar-refractivity contribution >= 4 is 38.3 Å². The standard InChI is InChI=1S/C21H25FN4OS/c1-24(2)13-6-14-26(20(27)15-9-11-16(12-10-15)25(3)4)21-23-19-17(22)7-5-8-18(19)28-21/h5,7-12H,6,13-14H2,1-4H3/p+1. The predicted molar refractivity (Wildman–Crippen MR) is 114 cm³/mol. The lowest BCUT2D eigenvalue weighted by Gasteiger charge is -2.21. The molecule has 5 nitrogen and oxygen atoms in total. The van der Waals surface area contributed by atoms with Gasteiger partial charge in [0.25, 0.3) is 5.91 Å². The van der Waals surface area contributed by atoms with Crippen LogP contribution in [0.1, 0.15) is 16.8 Å². The molecule has 1 heterocycles. The van der Waals surface area contributed by atoms with Crippen molar-refractivity contribution in [3.8, 4) is 0 Å². The molecule has 148 valence electrons. The number of halogens is 1. The molecule has 0 saturated carbocycles. The molecule has 28 heavy (non-hydrogen) atoms. The van der Waals surface area contributed by atoms with Crippen LogP contribution in [-0.2, 0) is 0 Å². The molecule has 0 aliphatic carbocycles. The van der Waals surface area contributed by atoms with Gasteiger partial charge in [-0.25, -0.2) is 9.37 Å². The summed E-state index contributed by atoms with van der Waals surface area (Å²) in [7, 11) is 8.09. The number of para-hydroxylation sites is 1. The fraction of sp³-hybridized carbons (Fsp3) is 0.333. The van der Waals surface area contributed by atoms with Gasteiger partial charge in [0.1, 0.15) is 11.3 Å². The topological polar surface area (TPSA) is 40.9 Å². The molecule has 0 saturated heterocycles. The van der Waals surface area contributed by atoms with E-state index in [0.717, 1.165) is 23.4 Å². The van der Waals surface area contributed by atoms with Crippen molar-refractivity contribution in [1.82, 2.24) is 4.98 Å². The monoisotopic (exact) mass is 401 g/mol. The Labute approximate surface area is 169 Å². The predicted octanol–water partition coefficient (Wildman–Crippen LogP) is 2.68. The van der Waals surface area contributed by atoms with Crippen molar-refractivity contribution in [2.24, 2.45) is 0 Å². The summed E-state index contributed by atoms with van der Waals surface area (Å²) in [5.74, 6) is -0.473. The molecule has 0 atom stereocenters. The molecule has 1 N–H and O–H groups in total. The number of carbonyl (C=O) groups is 1. The smallest absolute Gasteiger partial charge is 0.260 e. The van der Waals surface area contributed by atoms with Crippen LogP contribution in [0.2, 0.25) is 0 Å². The summed E-state index contributed by atoms with van der Waals surface area (Å²) in [4.78, 5) is 22.7. The van der Waals surface area contributed by atoms with Crippen molar-refractivity contribution in [2.75, 3.05) is 51.1 Å². The van der Waals surface area contributed by atoms with Crippen LogP contribution in [0.25, 0.3) is 10.2 Å². The van der Waals surface area contributed by atoms with E-state index >= 15 is 0 Å². The van der Waals surface area contributed by atoms with Gasteiger partial charge in [0.05, 0.1) is 25.3 Å². The highest BCUT2D eigenvalue weighted by Gasteiger charge is 2.22. The lowest BCUT2D eigenvalue weighted by molar-refractivity contribution is -0.858. The van der Waals surface area contributed by atoms with Crippen molar-refractivity contribution in [2.45, 2.75) is 6.42 Å². The number of benzene rings is 2. The number of nitrogens with one attached hydrogen (secondary N) is 1. The van der Waals surface area contributed by atoms with Gasteiger partial charge in [-0.05, 0) is 36.4 Å². The first kappa shape index (κ1) is 20.2. The van der Waals surface area contributed by atoms with Crippen molar-refractivity contribution in [3.05, 3.63) is 53.8 Å². The number of fused-ring (bicyclic) bond motifs is 1. The molecule has 0 radical (unpaired) electrons. The van der Waals surface area contributed by atoms with Gasteiger partial charge in [0.15, 0.2) is 5.13 Å². The molecule has 0 fully saturated rings. The Morgan fingerprint density at radius 2 is 1.86 bits per heavy atom. The number of quaternary nitrogens is 1. The molecule has 2 aromatic carbocycles. The first-order valence-electron chi connectivity index (χ1n) is 9.30. The van der Waals surface area contributed by atoms with E-state index in [1.807, 2.05) is 49.3 Å². The number of amides is 1. The Morgan fingerprint density at radius 1 is 1.14 bits per heavy atom. The van der Waals surface area contributed by atoms with Gasteiger partial charge in [-0.3, -0.25) is 9.69 Å². The lowest BCUT2D eigenvalue weighted by atomic mass is 10.1. The average molecular weight is 402 g/mol. The third-order valence-electron chi connectivity index (χ3n) is 4.52. The Morgan fingerprint density at radius 3 is 2.46 bits per heavy atom. The van der Waals surface area contributed by atoms with Gasteiger partial charge in [0.2, 0.25) is 0 Å². The number of thiazole rings is 1. The van der Waals surface area contributed by atoms with Gasteiger partial charge in [-0.15, -0.1) is 0 Å². The number of hydrogen-bond acceptors (Lipinski definition) is 4. The zero-order valence-corrected chi connectivity index (χ0v) is 17.5. The largest absolute Gasteiger partial charge is 0.378 e. The van der Waals surface area contributed by atoms with Crippen LogP contribution in [0.4, 0.5) is 15.2 Å². The molecule has 0 unspecified atom stereocenters. The first-order chi connectivity index (χ1) is 13.4. The zero-order chi connectivity index (χ0) is 20.3. The van der Waals surface area contributed by atoms with Crippen molar-refractivity contribution in [3.63, 3.8) is 0 Å². The highest BCUT2D eigenvalue weighted by Crippen LogP contribution is 2.31. The van der Waals surface area contributed by atoms with Gasteiger partial charge in [0, 0.05) is 38.3 Å². The number of carbonyl (C=O) groups excluding carboxylic acids is 1. The van der Waals surface area contributed by atoms with E-state index in [9.17, 15) is 9.18 Å². The minimum Gasteiger partial charge on any atom is -0.378 e. The van der Waals surface area contributed by atoms with Crippen LogP contribution in [0.15, 0.2) is 42.5 Å². The Bertz CT molecular complexity index is 953. The maximum Gasteiger partial charge on any atom is 0.260 e. The van der Waals surface area contributed by atoms with Crippen LogP contribution >= 0.6 is 11.3 Å². The van der Waals surface area contributed by atoms with Gasteiger partial charge >= 0.3 is 0 Å². The molecule has 0 aliphatic rings. The zero-order valence-electron chi connectivity index (χ0n) is 16.7. The third-order valence-corrected chi connectivity index (χ3v) is 5.57. The van der Waals surface area contributed by atoms with Gasteiger partial charge in [-0.1, -0.05) is 17.4 Å². The summed E-state index contributed by atoms with van der Waals surface area (Å²) in [5, 5.41) is 0.538. The second-order valence-electron chi connectivity index (χ2n) is 7.29. The fourth-order valence-electron chi connectivity index (χ4n) is 2.95. The quantitative estimate of drug-likeness (QED) is 0.662. The van der Waals surface area contributed by atoms with Crippen LogP contribution < -0.4 is 14.7 Å². The van der Waals surface area contributed by atoms with E-state index < -0.39 is 0 Å². The van der Waals surface area contributed by atoms with E-state index in [-0.39, 0.29) is 11.7 Å². The summed E-state index contributed by atoms with van der Waals surface area (Å²) in [6, 6.07) is 12.4. The molecule has 0 aliphatic heterocycles. The van der Waals surface area contributed by atoms with Crippen LogP contribution in [-0.4, -0.2) is 52.2 Å². The van der Waals surface area contributed by atoms with E-state index in [4.69, 9.17) is 0 Å². The van der Waals surface area contributed by atoms with Crippen LogP contribution in [0.5, 0.6) is 0 Å².